The normalized spacial score (nSPS) is 20.2. The highest BCUT2D eigenvalue weighted by molar-refractivity contribution is 7.99. The van der Waals surface area contributed by atoms with Crippen LogP contribution in [0.1, 0.15) is 43.9 Å². The first kappa shape index (κ1) is 15.4. The smallest absolute Gasteiger partial charge is 0.116 e. The quantitative estimate of drug-likeness (QED) is 0.859. The topological polar surface area (TPSA) is 32.3 Å². The Balaban J connectivity index is 2.10. The Kier molecular flexibility index (Phi) is 4.46. The molecule has 116 valence electrons. The molecule has 0 fully saturated rings. The molecule has 22 heavy (non-hydrogen) atoms. The van der Waals surface area contributed by atoms with Crippen LogP contribution in [0.5, 0.6) is 5.75 Å². The minimum Gasteiger partial charge on any atom is -0.508 e. The Morgan fingerprint density at radius 2 is 1.86 bits per heavy atom. The number of phenolic OH excluding ortho intramolecular Hbond substituents is 1. The molecule has 2 nitrogen and oxygen atoms in total. The van der Waals surface area contributed by atoms with E-state index in [4.69, 9.17) is 0 Å². The summed E-state index contributed by atoms with van der Waals surface area (Å²) in [7, 11) is 0. The van der Waals surface area contributed by atoms with Crippen LogP contribution in [0.4, 0.5) is 0 Å². The van der Waals surface area contributed by atoms with Gasteiger partial charge in [0.25, 0.3) is 0 Å². The Morgan fingerprint density at radius 1 is 1.14 bits per heavy atom. The molecular formula is C19H23NOS. The zero-order chi connectivity index (χ0) is 15.6. The predicted octanol–water partition coefficient (Wildman–Crippen LogP) is 4.74. The van der Waals surface area contributed by atoms with Gasteiger partial charge in [0.05, 0.1) is 6.04 Å². The van der Waals surface area contributed by atoms with E-state index in [0.29, 0.717) is 5.75 Å². The lowest BCUT2D eigenvalue weighted by Crippen LogP contribution is -2.47. The van der Waals surface area contributed by atoms with Crippen LogP contribution in [0, 0.1) is 0 Å². The molecule has 2 aromatic carbocycles. The summed E-state index contributed by atoms with van der Waals surface area (Å²) < 4.78 is 0. The molecule has 1 atom stereocenters. The van der Waals surface area contributed by atoms with Crippen LogP contribution in [0.2, 0.25) is 0 Å². The van der Waals surface area contributed by atoms with Crippen molar-refractivity contribution in [2.45, 2.75) is 43.2 Å². The predicted molar refractivity (Wildman–Crippen MR) is 93.6 cm³/mol. The summed E-state index contributed by atoms with van der Waals surface area (Å²) in [5.41, 5.74) is 2.67. The minimum absolute atomic E-state index is 0.125. The Morgan fingerprint density at radius 3 is 2.55 bits per heavy atom. The first-order valence-corrected chi connectivity index (χ1v) is 8.94. The second-order valence-corrected chi connectivity index (χ2v) is 7.00. The van der Waals surface area contributed by atoms with E-state index in [1.165, 1.54) is 16.0 Å². The molecule has 0 spiro atoms. The molecule has 0 aromatic heterocycles. The van der Waals surface area contributed by atoms with Crippen molar-refractivity contribution in [2.24, 2.45) is 0 Å². The number of thioether (sulfide) groups is 1. The summed E-state index contributed by atoms with van der Waals surface area (Å²) in [5, 5.41) is 13.8. The Bertz CT molecular complexity index is 637. The van der Waals surface area contributed by atoms with Crippen LogP contribution in [-0.2, 0) is 0 Å². The highest BCUT2D eigenvalue weighted by Crippen LogP contribution is 2.41. The fraction of sp³-hybridized carbons (Fsp3) is 0.368. The van der Waals surface area contributed by atoms with Crippen LogP contribution >= 0.6 is 11.8 Å². The maximum atomic E-state index is 9.85. The zero-order valence-electron chi connectivity index (χ0n) is 13.2. The molecule has 1 aliphatic heterocycles. The molecule has 1 unspecified atom stereocenters. The van der Waals surface area contributed by atoms with Gasteiger partial charge in [-0.15, -0.1) is 11.8 Å². The van der Waals surface area contributed by atoms with Gasteiger partial charge < -0.3 is 5.11 Å². The van der Waals surface area contributed by atoms with Gasteiger partial charge in [-0.1, -0.05) is 50.2 Å². The van der Waals surface area contributed by atoms with Gasteiger partial charge >= 0.3 is 0 Å². The van der Waals surface area contributed by atoms with Gasteiger partial charge in [-0.25, -0.2) is 0 Å². The van der Waals surface area contributed by atoms with E-state index in [1.54, 1.807) is 6.07 Å². The van der Waals surface area contributed by atoms with Crippen LogP contribution in [0.3, 0.4) is 0 Å². The van der Waals surface area contributed by atoms with E-state index in [9.17, 15) is 5.11 Å². The third-order valence-corrected chi connectivity index (χ3v) is 6.11. The van der Waals surface area contributed by atoms with Crippen molar-refractivity contribution in [3.8, 4) is 5.75 Å². The summed E-state index contributed by atoms with van der Waals surface area (Å²) >= 11 is 1.86. The van der Waals surface area contributed by atoms with Gasteiger partial charge in [-0.2, -0.15) is 0 Å². The maximum Gasteiger partial charge on any atom is 0.116 e. The number of hydrogen-bond acceptors (Lipinski definition) is 3. The number of phenols is 1. The fourth-order valence-corrected chi connectivity index (χ4v) is 4.57. The van der Waals surface area contributed by atoms with Gasteiger partial charge in [0.1, 0.15) is 5.75 Å². The lowest BCUT2D eigenvalue weighted by Gasteiger charge is -2.35. The van der Waals surface area contributed by atoms with Crippen molar-refractivity contribution in [2.75, 3.05) is 5.75 Å². The molecule has 2 N–H and O–H groups in total. The van der Waals surface area contributed by atoms with Crippen molar-refractivity contribution < 1.29 is 5.11 Å². The molecule has 0 saturated carbocycles. The molecule has 1 aliphatic rings. The maximum absolute atomic E-state index is 9.85. The largest absolute Gasteiger partial charge is 0.508 e. The van der Waals surface area contributed by atoms with Crippen molar-refractivity contribution >= 4 is 11.8 Å². The van der Waals surface area contributed by atoms with E-state index in [-0.39, 0.29) is 11.6 Å². The molecule has 0 aliphatic carbocycles. The highest BCUT2D eigenvalue weighted by Gasteiger charge is 2.34. The van der Waals surface area contributed by atoms with Gasteiger partial charge in [0, 0.05) is 16.2 Å². The third-order valence-electron chi connectivity index (χ3n) is 4.75. The number of benzene rings is 2. The average Bonchev–Trinajstić information content (AvgIpc) is 2.73. The number of rotatable bonds is 3. The van der Waals surface area contributed by atoms with E-state index in [0.717, 1.165) is 18.6 Å². The van der Waals surface area contributed by atoms with Gasteiger partial charge in [-0.3, -0.25) is 5.32 Å². The van der Waals surface area contributed by atoms with Crippen LogP contribution in [0.15, 0.2) is 53.4 Å². The number of hydrogen-bond donors (Lipinski definition) is 2. The van der Waals surface area contributed by atoms with Gasteiger partial charge in [-0.05, 0) is 36.1 Å². The van der Waals surface area contributed by atoms with E-state index in [1.807, 2.05) is 17.8 Å². The van der Waals surface area contributed by atoms with E-state index >= 15 is 0 Å². The molecule has 1 heterocycles. The first-order valence-electron chi connectivity index (χ1n) is 7.96. The average molecular weight is 313 g/mol. The summed E-state index contributed by atoms with van der Waals surface area (Å²) in [6.07, 6.45) is 2.19. The fourth-order valence-electron chi connectivity index (χ4n) is 3.09. The van der Waals surface area contributed by atoms with E-state index < -0.39 is 0 Å². The van der Waals surface area contributed by atoms with Crippen LogP contribution in [0.25, 0.3) is 0 Å². The molecular weight excluding hydrogens is 290 g/mol. The first-order chi connectivity index (χ1) is 10.7. The zero-order valence-corrected chi connectivity index (χ0v) is 14.0. The summed E-state index contributed by atoms with van der Waals surface area (Å²) in [6.45, 7) is 4.51. The van der Waals surface area contributed by atoms with E-state index in [2.05, 4.69) is 55.6 Å². The Labute approximate surface area is 137 Å². The van der Waals surface area contributed by atoms with Crippen LogP contribution in [-0.4, -0.2) is 16.4 Å². The molecule has 0 saturated heterocycles. The standard InChI is InChI=1S/C19H23NOS/c1-3-19(4-2)13-22-17-12-15(21)10-11-16(17)18(20-19)14-8-6-5-7-9-14/h5-12,18,20-21H,3-4,13H2,1-2H3. The van der Waals surface area contributed by atoms with Crippen molar-refractivity contribution in [3.05, 3.63) is 59.7 Å². The molecule has 0 radical (unpaired) electrons. The molecule has 3 rings (SSSR count). The molecule has 0 amide bonds. The molecule has 2 aromatic rings. The van der Waals surface area contributed by atoms with Gasteiger partial charge in [0.15, 0.2) is 0 Å². The monoisotopic (exact) mass is 313 g/mol. The molecule has 0 bridgehead atoms. The highest BCUT2D eigenvalue weighted by atomic mass is 32.2. The van der Waals surface area contributed by atoms with Gasteiger partial charge in [0.2, 0.25) is 0 Å². The third kappa shape index (κ3) is 2.88. The summed E-state index contributed by atoms with van der Waals surface area (Å²) in [4.78, 5) is 1.19. The summed E-state index contributed by atoms with van der Waals surface area (Å²) in [6, 6.07) is 16.5. The number of fused-ring (bicyclic) bond motifs is 1. The van der Waals surface area contributed by atoms with Crippen molar-refractivity contribution in [1.29, 1.82) is 0 Å². The number of aromatic hydroxyl groups is 1. The molecule has 3 heteroatoms. The second-order valence-electron chi connectivity index (χ2n) is 5.99. The number of nitrogens with one attached hydrogen (secondary N) is 1. The minimum atomic E-state index is 0.125. The van der Waals surface area contributed by atoms with Crippen molar-refractivity contribution in [3.63, 3.8) is 0 Å². The van der Waals surface area contributed by atoms with Crippen LogP contribution < -0.4 is 5.32 Å². The lowest BCUT2D eigenvalue weighted by atomic mass is 9.90. The van der Waals surface area contributed by atoms with Crippen molar-refractivity contribution in [1.82, 2.24) is 5.32 Å². The SMILES string of the molecule is CCC1(CC)CSc2cc(O)ccc2C(c2ccccc2)N1. The lowest BCUT2D eigenvalue weighted by molar-refractivity contribution is 0.316. The Hall–Kier alpha value is -1.45. The second kappa shape index (κ2) is 6.35. The summed E-state index contributed by atoms with van der Waals surface area (Å²) in [5.74, 6) is 1.37.